The Hall–Kier alpha value is -2.08. The molecule has 1 aliphatic heterocycles. The lowest BCUT2D eigenvalue weighted by Gasteiger charge is -2.20. The highest BCUT2D eigenvalue weighted by Gasteiger charge is 2.26. The molecule has 1 amide bonds. The van der Waals surface area contributed by atoms with Crippen LogP contribution in [0.5, 0.6) is 0 Å². The average Bonchev–Trinajstić information content (AvgIpc) is 2.73. The molecule has 0 atom stereocenters. The average molecular weight is 619 g/mol. The second-order valence-corrected chi connectivity index (χ2v) is 11.7. The van der Waals surface area contributed by atoms with E-state index in [1.54, 1.807) is 18.2 Å². The third kappa shape index (κ3) is 5.06. The summed E-state index contributed by atoms with van der Waals surface area (Å²) in [5.41, 5.74) is 0.349. The van der Waals surface area contributed by atoms with Gasteiger partial charge in [0.05, 0.1) is 21.2 Å². The molecule has 0 radical (unpaired) electrons. The van der Waals surface area contributed by atoms with Crippen LogP contribution in [-0.2, 0) is 20.4 Å². The normalized spacial score (nSPS) is 14.8. The Labute approximate surface area is 208 Å². The van der Waals surface area contributed by atoms with Crippen LogP contribution in [0.25, 0.3) is 6.08 Å². The summed E-state index contributed by atoms with van der Waals surface area (Å²) in [6.45, 7) is 0. The van der Waals surface area contributed by atoms with Crippen LogP contribution in [0.15, 0.2) is 72.2 Å². The van der Waals surface area contributed by atoms with Gasteiger partial charge in [-0.2, -0.15) is 0 Å². The van der Waals surface area contributed by atoms with Crippen LogP contribution < -0.4 is 5.32 Å². The van der Waals surface area contributed by atoms with Gasteiger partial charge in [0.1, 0.15) is 17.5 Å². The van der Waals surface area contributed by atoms with Gasteiger partial charge in [0.25, 0.3) is 5.91 Å². The molecule has 1 aliphatic rings. The highest BCUT2D eigenvalue weighted by Crippen LogP contribution is 2.41. The maximum Gasteiger partial charge on any atom is 0.262 e. The predicted molar refractivity (Wildman–Crippen MR) is 128 cm³/mol. The third-order valence-corrected chi connectivity index (χ3v) is 8.93. The van der Waals surface area contributed by atoms with E-state index in [0.717, 1.165) is 17.8 Å². The first-order chi connectivity index (χ1) is 15.5. The molecule has 170 valence electrons. The van der Waals surface area contributed by atoms with Crippen molar-refractivity contribution in [3.8, 4) is 0 Å². The number of rotatable bonds is 4. The van der Waals surface area contributed by atoms with Crippen molar-refractivity contribution in [2.45, 2.75) is 15.5 Å². The molecule has 0 aliphatic carbocycles. The van der Waals surface area contributed by atoms with E-state index in [2.05, 4.69) is 37.2 Å². The zero-order valence-corrected chi connectivity index (χ0v) is 21.1. The van der Waals surface area contributed by atoms with Crippen molar-refractivity contribution >= 4 is 71.1 Å². The minimum atomic E-state index is -3.77. The molecule has 0 saturated heterocycles. The van der Waals surface area contributed by atoms with Crippen molar-refractivity contribution in [1.29, 1.82) is 0 Å². The molecule has 0 bridgehead atoms. The maximum absolute atomic E-state index is 14.0. The van der Waals surface area contributed by atoms with Gasteiger partial charge >= 0.3 is 0 Å². The molecule has 3 aromatic carbocycles. The third-order valence-electron chi connectivity index (χ3n) is 4.72. The van der Waals surface area contributed by atoms with Crippen molar-refractivity contribution in [3.63, 3.8) is 0 Å². The fraction of sp³-hybridized carbons (Fsp3) is 0.0455. The first-order valence-electron chi connectivity index (χ1n) is 9.20. The van der Waals surface area contributed by atoms with Crippen LogP contribution in [0.3, 0.4) is 0 Å². The molecular formula is C22H12Br2F3NO3S2. The summed E-state index contributed by atoms with van der Waals surface area (Å²) in [5, 5.41) is 2.57. The minimum Gasteiger partial charge on any atom is -0.320 e. The number of hydrogen-bond acceptors (Lipinski definition) is 4. The molecule has 4 rings (SSSR count). The monoisotopic (exact) mass is 617 g/mol. The highest BCUT2D eigenvalue weighted by atomic mass is 79.9. The van der Waals surface area contributed by atoms with Crippen LogP contribution in [0.1, 0.15) is 11.1 Å². The predicted octanol–water partition coefficient (Wildman–Crippen LogP) is 6.69. The quantitative estimate of drug-likeness (QED) is 0.331. The molecule has 0 fully saturated rings. The van der Waals surface area contributed by atoms with E-state index in [1.807, 2.05) is 0 Å². The summed E-state index contributed by atoms with van der Waals surface area (Å²) >= 11 is 7.58. The van der Waals surface area contributed by atoms with Gasteiger partial charge in [0.2, 0.25) is 0 Å². The number of halogens is 5. The number of hydrogen-bond donors (Lipinski definition) is 1. The molecular weight excluding hydrogens is 607 g/mol. The summed E-state index contributed by atoms with van der Waals surface area (Å²) in [4.78, 5) is 12.7. The standard InChI is InChI=1S/C22H12Br2F3NO3S2/c23-15-2-1-3-16(24)14(15)10-33(30,31)12-4-5-19-20(8-12)32-21(22(29)28-19)9-13-17(26)6-11(25)7-18(13)27/h1-9H,10H2,(H,28,29). The van der Waals surface area contributed by atoms with E-state index in [4.69, 9.17) is 0 Å². The Morgan fingerprint density at radius 1 is 0.970 bits per heavy atom. The molecule has 4 nitrogen and oxygen atoms in total. The Bertz CT molecular complexity index is 1400. The first-order valence-corrected chi connectivity index (χ1v) is 13.3. The van der Waals surface area contributed by atoms with E-state index in [0.29, 0.717) is 37.2 Å². The van der Waals surface area contributed by atoms with Crippen LogP contribution in [0.4, 0.5) is 18.9 Å². The van der Waals surface area contributed by atoms with E-state index in [9.17, 15) is 26.4 Å². The second-order valence-electron chi connectivity index (χ2n) is 6.97. The smallest absolute Gasteiger partial charge is 0.262 e. The maximum atomic E-state index is 14.0. The second kappa shape index (κ2) is 9.28. The van der Waals surface area contributed by atoms with Crippen molar-refractivity contribution in [2.75, 3.05) is 5.32 Å². The molecule has 3 aromatic rings. The van der Waals surface area contributed by atoms with Crippen LogP contribution in [-0.4, -0.2) is 14.3 Å². The van der Waals surface area contributed by atoms with Crippen LogP contribution in [0, 0.1) is 17.5 Å². The Morgan fingerprint density at radius 2 is 1.61 bits per heavy atom. The molecule has 0 saturated carbocycles. The summed E-state index contributed by atoms with van der Waals surface area (Å²) < 4.78 is 68.6. The van der Waals surface area contributed by atoms with Gasteiger partial charge in [-0.3, -0.25) is 4.79 Å². The van der Waals surface area contributed by atoms with Gasteiger partial charge in [-0.25, -0.2) is 21.6 Å². The molecule has 1 N–H and O–H groups in total. The number of fused-ring (bicyclic) bond motifs is 1. The number of nitrogens with one attached hydrogen (secondary N) is 1. The molecule has 0 aromatic heterocycles. The summed E-state index contributed by atoms with van der Waals surface area (Å²) in [6.07, 6.45) is 0.965. The molecule has 0 spiro atoms. The summed E-state index contributed by atoms with van der Waals surface area (Å²) in [7, 11) is -3.77. The van der Waals surface area contributed by atoms with Crippen molar-refractivity contribution < 1.29 is 26.4 Å². The van der Waals surface area contributed by atoms with Gasteiger partial charge in [-0.05, 0) is 42.0 Å². The summed E-state index contributed by atoms with van der Waals surface area (Å²) in [5.74, 6) is -4.29. The van der Waals surface area contributed by atoms with Crippen LogP contribution >= 0.6 is 43.6 Å². The Balaban J connectivity index is 1.69. The van der Waals surface area contributed by atoms with Gasteiger partial charge < -0.3 is 5.32 Å². The zero-order chi connectivity index (χ0) is 23.9. The minimum absolute atomic E-state index is 0.0195. The number of anilines is 1. The number of amides is 1. The van der Waals surface area contributed by atoms with Gasteiger partial charge in [-0.15, -0.1) is 0 Å². The first kappa shape index (κ1) is 24.1. The lowest BCUT2D eigenvalue weighted by atomic mass is 10.1. The Morgan fingerprint density at radius 3 is 2.24 bits per heavy atom. The molecule has 0 unspecified atom stereocenters. The van der Waals surface area contributed by atoms with E-state index in [1.165, 1.54) is 18.2 Å². The number of carbonyl (C=O) groups is 1. The van der Waals surface area contributed by atoms with Gasteiger partial charge in [-0.1, -0.05) is 49.7 Å². The topological polar surface area (TPSA) is 63.2 Å². The molecule has 11 heteroatoms. The lowest BCUT2D eigenvalue weighted by molar-refractivity contribution is -0.112. The largest absolute Gasteiger partial charge is 0.320 e. The zero-order valence-electron chi connectivity index (χ0n) is 16.3. The van der Waals surface area contributed by atoms with Crippen molar-refractivity contribution in [2.24, 2.45) is 0 Å². The lowest BCUT2D eigenvalue weighted by Crippen LogP contribution is -2.18. The van der Waals surface area contributed by atoms with Gasteiger partial charge in [0, 0.05) is 31.5 Å². The van der Waals surface area contributed by atoms with Gasteiger partial charge in [0.15, 0.2) is 9.84 Å². The molecule has 1 heterocycles. The fourth-order valence-corrected chi connectivity index (χ4v) is 7.22. The number of sulfone groups is 1. The van der Waals surface area contributed by atoms with Crippen molar-refractivity contribution in [3.05, 3.63) is 91.0 Å². The number of carbonyl (C=O) groups excluding carboxylic acids is 1. The fourth-order valence-electron chi connectivity index (χ4n) is 3.09. The van der Waals surface area contributed by atoms with Crippen molar-refractivity contribution in [1.82, 2.24) is 0 Å². The highest BCUT2D eigenvalue weighted by molar-refractivity contribution is 9.11. The summed E-state index contributed by atoms with van der Waals surface area (Å²) in [6, 6.07) is 10.5. The number of benzene rings is 3. The van der Waals surface area contributed by atoms with E-state index >= 15 is 0 Å². The molecule has 33 heavy (non-hydrogen) atoms. The SMILES string of the molecule is O=C1Nc2ccc(S(=O)(=O)Cc3c(Br)cccc3Br)cc2SC1=Cc1c(F)cc(F)cc1F. The van der Waals surface area contributed by atoms with E-state index < -0.39 is 38.8 Å². The Kier molecular flexibility index (Phi) is 6.77. The number of thioether (sulfide) groups is 1. The van der Waals surface area contributed by atoms with Crippen LogP contribution in [0.2, 0.25) is 0 Å². The van der Waals surface area contributed by atoms with E-state index in [-0.39, 0.29) is 15.6 Å².